The number of esters is 1. The lowest BCUT2D eigenvalue weighted by atomic mass is 10.2. The topological polar surface area (TPSA) is 54.0 Å². The number of carbonyl (C=O) groups excluding carboxylic acids is 1. The zero-order chi connectivity index (χ0) is 17.0. The van der Waals surface area contributed by atoms with Crippen LogP contribution in [0.25, 0.3) is 0 Å². The predicted molar refractivity (Wildman–Crippen MR) is 95.7 cm³/mol. The van der Waals surface area contributed by atoms with Crippen molar-refractivity contribution in [2.75, 3.05) is 37.9 Å². The van der Waals surface area contributed by atoms with Crippen LogP contribution in [0.3, 0.4) is 0 Å². The fourth-order valence-corrected chi connectivity index (χ4v) is 3.62. The van der Waals surface area contributed by atoms with Crippen molar-refractivity contribution < 1.29 is 23.7 Å². The van der Waals surface area contributed by atoms with Gasteiger partial charge in [0.25, 0.3) is 0 Å². The Bertz CT molecular complexity index is 314. The molecular formula is C16H30O5S2. The summed E-state index contributed by atoms with van der Waals surface area (Å²) in [7, 11) is 3.54. The highest BCUT2D eigenvalue weighted by molar-refractivity contribution is 8.76. The average Bonchev–Trinajstić information content (AvgIpc) is 2.48. The van der Waals surface area contributed by atoms with Crippen molar-refractivity contribution >= 4 is 27.6 Å². The summed E-state index contributed by atoms with van der Waals surface area (Å²) in [6, 6.07) is 0. The second kappa shape index (κ2) is 12.4. The van der Waals surface area contributed by atoms with Crippen LogP contribution in [0, 0.1) is 0 Å². The van der Waals surface area contributed by atoms with Crippen LogP contribution in [0.4, 0.5) is 0 Å². The van der Waals surface area contributed by atoms with E-state index in [0.717, 1.165) is 37.6 Å². The van der Waals surface area contributed by atoms with E-state index in [0.29, 0.717) is 19.6 Å². The average molecular weight is 367 g/mol. The maximum atomic E-state index is 11.5. The number of hydrogen-bond acceptors (Lipinski definition) is 7. The van der Waals surface area contributed by atoms with Gasteiger partial charge >= 0.3 is 5.97 Å². The molecule has 0 aliphatic carbocycles. The van der Waals surface area contributed by atoms with E-state index in [9.17, 15) is 4.79 Å². The summed E-state index contributed by atoms with van der Waals surface area (Å²) in [5.41, 5.74) is -0.422. The lowest BCUT2D eigenvalue weighted by molar-refractivity contribution is -0.158. The van der Waals surface area contributed by atoms with Gasteiger partial charge in [0, 0.05) is 18.1 Å². The molecule has 1 atom stereocenters. The van der Waals surface area contributed by atoms with Gasteiger partial charge in [-0.15, -0.1) is 0 Å². The summed E-state index contributed by atoms with van der Waals surface area (Å²) < 4.78 is 21.8. The number of ether oxygens (including phenoxy) is 4. The van der Waals surface area contributed by atoms with Crippen molar-refractivity contribution in [1.29, 1.82) is 0 Å². The standard InChI is InChI=1S/C16H30O5S2/c1-16(2,3)21-14(17)7-9-18-10-12-22-23-13-11-20-15-6-4-5-8-19-15/h15H,4-13H2,1-3H3. The van der Waals surface area contributed by atoms with Gasteiger partial charge in [0.05, 0.1) is 26.2 Å². The van der Waals surface area contributed by atoms with Gasteiger partial charge in [0.1, 0.15) is 5.60 Å². The number of hydrogen-bond donors (Lipinski definition) is 0. The Morgan fingerprint density at radius 1 is 1.13 bits per heavy atom. The second-order valence-corrected chi connectivity index (χ2v) is 8.96. The van der Waals surface area contributed by atoms with Crippen molar-refractivity contribution in [2.24, 2.45) is 0 Å². The SMILES string of the molecule is CC(C)(C)OC(=O)CCOCCSSCCOC1CCCCO1. The van der Waals surface area contributed by atoms with Crippen molar-refractivity contribution in [3.8, 4) is 0 Å². The minimum Gasteiger partial charge on any atom is -0.460 e. The van der Waals surface area contributed by atoms with Crippen LogP contribution in [-0.4, -0.2) is 55.8 Å². The molecule has 0 aromatic heterocycles. The van der Waals surface area contributed by atoms with Crippen molar-refractivity contribution in [1.82, 2.24) is 0 Å². The second-order valence-electron chi connectivity index (χ2n) is 6.26. The summed E-state index contributed by atoms with van der Waals surface area (Å²) in [5.74, 6) is 1.64. The van der Waals surface area contributed by atoms with Crippen LogP contribution in [-0.2, 0) is 23.7 Å². The maximum Gasteiger partial charge on any atom is 0.308 e. The Hall–Kier alpha value is 0.0500. The van der Waals surface area contributed by atoms with Crippen molar-refractivity contribution in [2.45, 2.75) is 58.3 Å². The molecule has 136 valence electrons. The summed E-state index contributed by atoms with van der Waals surface area (Å²) in [4.78, 5) is 11.5. The van der Waals surface area contributed by atoms with Gasteiger partial charge in [0.15, 0.2) is 6.29 Å². The first-order valence-electron chi connectivity index (χ1n) is 8.24. The molecule has 0 spiro atoms. The molecule has 0 radical (unpaired) electrons. The molecule has 1 saturated heterocycles. The first-order valence-corrected chi connectivity index (χ1v) is 10.7. The highest BCUT2D eigenvalue weighted by Gasteiger charge is 2.15. The number of rotatable bonds is 11. The first kappa shape index (κ1) is 21.1. The van der Waals surface area contributed by atoms with Gasteiger partial charge in [-0.3, -0.25) is 4.79 Å². The Labute approximate surface area is 147 Å². The molecule has 0 aromatic rings. The van der Waals surface area contributed by atoms with Crippen molar-refractivity contribution in [3.63, 3.8) is 0 Å². The van der Waals surface area contributed by atoms with E-state index < -0.39 is 5.60 Å². The molecule has 1 fully saturated rings. The zero-order valence-electron chi connectivity index (χ0n) is 14.5. The maximum absolute atomic E-state index is 11.5. The molecule has 0 aromatic carbocycles. The Morgan fingerprint density at radius 3 is 2.52 bits per heavy atom. The lowest BCUT2D eigenvalue weighted by Gasteiger charge is -2.22. The summed E-state index contributed by atoms with van der Waals surface area (Å²) in [5, 5.41) is 0. The third-order valence-electron chi connectivity index (χ3n) is 2.87. The minimum atomic E-state index is -0.422. The molecule has 1 aliphatic heterocycles. The van der Waals surface area contributed by atoms with Gasteiger partial charge < -0.3 is 18.9 Å². The molecule has 1 aliphatic rings. The van der Waals surface area contributed by atoms with Gasteiger partial charge in [-0.2, -0.15) is 0 Å². The van der Waals surface area contributed by atoms with E-state index in [4.69, 9.17) is 18.9 Å². The quantitative estimate of drug-likeness (QED) is 0.314. The smallest absolute Gasteiger partial charge is 0.308 e. The van der Waals surface area contributed by atoms with E-state index in [2.05, 4.69) is 0 Å². The van der Waals surface area contributed by atoms with Crippen LogP contribution in [0.5, 0.6) is 0 Å². The third-order valence-corrected chi connectivity index (χ3v) is 5.21. The van der Waals surface area contributed by atoms with Crippen LogP contribution < -0.4 is 0 Å². The molecule has 0 saturated carbocycles. The number of carbonyl (C=O) groups is 1. The minimum absolute atomic E-state index is 0.00513. The molecular weight excluding hydrogens is 336 g/mol. The molecule has 7 heteroatoms. The van der Waals surface area contributed by atoms with Crippen LogP contribution in [0.1, 0.15) is 46.5 Å². The Kier molecular flexibility index (Phi) is 11.4. The summed E-state index contributed by atoms with van der Waals surface area (Å²) in [6.07, 6.45) is 3.68. The summed E-state index contributed by atoms with van der Waals surface area (Å²) in [6.45, 7) is 8.21. The molecule has 0 amide bonds. The molecule has 1 rings (SSSR count). The van der Waals surface area contributed by atoms with E-state index in [1.807, 2.05) is 20.8 Å². The van der Waals surface area contributed by atoms with Crippen LogP contribution in [0.15, 0.2) is 0 Å². The fraction of sp³-hybridized carbons (Fsp3) is 0.938. The monoisotopic (exact) mass is 366 g/mol. The highest BCUT2D eigenvalue weighted by Crippen LogP contribution is 2.21. The fourth-order valence-electron chi connectivity index (χ4n) is 1.92. The third kappa shape index (κ3) is 13.1. The van der Waals surface area contributed by atoms with E-state index in [1.165, 1.54) is 6.42 Å². The predicted octanol–water partition coefficient (Wildman–Crippen LogP) is 3.66. The van der Waals surface area contributed by atoms with Gasteiger partial charge in [-0.05, 0) is 40.0 Å². The highest BCUT2D eigenvalue weighted by atomic mass is 33.1. The zero-order valence-corrected chi connectivity index (χ0v) is 16.1. The van der Waals surface area contributed by atoms with Gasteiger partial charge in [-0.1, -0.05) is 21.6 Å². The van der Waals surface area contributed by atoms with E-state index >= 15 is 0 Å². The summed E-state index contributed by atoms with van der Waals surface area (Å²) >= 11 is 0. The lowest BCUT2D eigenvalue weighted by Crippen LogP contribution is -2.24. The molecule has 1 unspecified atom stereocenters. The van der Waals surface area contributed by atoms with Crippen LogP contribution in [0.2, 0.25) is 0 Å². The van der Waals surface area contributed by atoms with Crippen LogP contribution >= 0.6 is 21.6 Å². The van der Waals surface area contributed by atoms with E-state index in [-0.39, 0.29) is 12.3 Å². The Balaban J connectivity index is 1.80. The van der Waals surface area contributed by atoms with Gasteiger partial charge in [-0.25, -0.2) is 0 Å². The van der Waals surface area contributed by atoms with Crippen molar-refractivity contribution in [3.05, 3.63) is 0 Å². The molecule has 0 N–H and O–H groups in total. The van der Waals surface area contributed by atoms with Gasteiger partial charge in [0.2, 0.25) is 0 Å². The Morgan fingerprint density at radius 2 is 1.87 bits per heavy atom. The largest absolute Gasteiger partial charge is 0.460 e. The molecule has 1 heterocycles. The molecule has 5 nitrogen and oxygen atoms in total. The first-order chi connectivity index (χ1) is 11.0. The van der Waals surface area contributed by atoms with E-state index in [1.54, 1.807) is 21.6 Å². The normalized spacial score (nSPS) is 18.8. The molecule has 23 heavy (non-hydrogen) atoms. The molecule has 0 bridgehead atoms.